The Morgan fingerprint density at radius 2 is 1.94 bits per heavy atom. The lowest BCUT2D eigenvalue weighted by Gasteiger charge is -2.21. The summed E-state index contributed by atoms with van der Waals surface area (Å²) in [5, 5.41) is 20.4. The Labute approximate surface area is 108 Å². The van der Waals surface area contributed by atoms with Crippen molar-refractivity contribution in [1.82, 2.24) is 10.2 Å². The molecule has 0 saturated carbocycles. The fraction of sp³-hybridized carbons (Fsp3) is 0.769. The van der Waals surface area contributed by atoms with Crippen molar-refractivity contribution in [2.75, 3.05) is 26.2 Å². The molecule has 1 heterocycles. The molecular weight excluding hydrogens is 228 g/mol. The zero-order chi connectivity index (χ0) is 13.2. The minimum Gasteiger partial charge on any atom is -0.341 e. The first-order valence-electron chi connectivity index (χ1n) is 6.50. The molecule has 0 aromatic carbocycles. The standard InChI is InChI=1S/C13H20N4O/c14-6-1-9-17(10-2-7-15)13(18)4-3-12-5-8-16-11-12/h12,16H,1-5,8-11H2. The lowest BCUT2D eigenvalue weighted by molar-refractivity contribution is -0.131. The van der Waals surface area contributed by atoms with Crippen LogP contribution in [0.15, 0.2) is 0 Å². The molecule has 0 radical (unpaired) electrons. The molecule has 0 aromatic rings. The van der Waals surface area contributed by atoms with E-state index in [-0.39, 0.29) is 5.91 Å². The summed E-state index contributed by atoms with van der Waals surface area (Å²) < 4.78 is 0. The smallest absolute Gasteiger partial charge is 0.222 e. The first-order chi connectivity index (χ1) is 8.77. The van der Waals surface area contributed by atoms with Gasteiger partial charge < -0.3 is 10.2 Å². The van der Waals surface area contributed by atoms with Crippen LogP contribution in [0.4, 0.5) is 0 Å². The van der Waals surface area contributed by atoms with Crippen molar-refractivity contribution in [3.8, 4) is 12.1 Å². The number of hydrogen-bond donors (Lipinski definition) is 1. The Morgan fingerprint density at radius 3 is 2.44 bits per heavy atom. The molecule has 1 aliphatic heterocycles. The van der Waals surface area contributed by atoms with Crippen molar-refractivity contribution < 1.29 is 4.79 Å². The summed E-state index contributed by atoms with van der Waals surface area (Å²) in [6, 6.07) is 4.08. The Hall–Kier alpha value is -1.59. The van der Waals surface area contributed by atoms with Gasteiger partial charge in [0, 0.05) is 19.5 Å². The van der Waals surface area contributed by atoms with Gasteiger partial charge in [-0.1, -0.05) is 0 Å². The molecule has 18 heavy (non-hydrogen) atoms. The van der Waals surface area contributed by atoms with Crippen LogP contribution in [0.3, 0.4) is 0 Å². The van der Waals surface area contributed by atoms with E-state index >= 15 is 0 Å². The highest BCUT2D eigenvalue weighted by atomic mass is 16.2. The predicted molar refractivity (Wildman–Crippen MR) is 67.3 cm³/mol. The number of hydrogen-bond acceptors (Lipinski definition) is 4. The molecule has 5 heteroatoms. The van der Waals surface area contributed by atoms with Crippen molar-refractivity contribution in [3.05, 3.63) is 0 Å². The van der Waals surface area contributed by atoms with E-state index in [0.29, 0.717) is 38.3 Å². The first-order valence-corrected chi connectivity index (χ1v) is 6.50. The molecule has 1 fully saturated rings. The third-order valence-electron chi connectivity index (χ3n) is 3.27. The molecule has 98 valence electrons. The molecule has 1 N–H and O–H groups in total. The molecule has 0 bridgehead atoms. The Morgan fingerprint density at radius 1 is 1.28 bits per heavy atom. The summed E-state index contributed by atoms with van der Waals surface area (Å²) in [5.41, 5.74) is 0. The number of amides is 1. The number of carbonyl (C=O) groups excluding carboxylic acids is 1. The summed E-state index contributed by atoms with van der Waals surface area (Å²) in [4.78, 5) is 13.6. The van der Waals surface area contributed by atoms with Gasteiger partial charge in [-0.15, -0.1) is 0 Å². The molecule has 1 saturated heterocycles. The summed E-state index contributed by atoms with van der Waals surface area (Å²) in [7, 11) is 0. The van der Waals surface area contributed by atoms with E-state index in [1.807, 2.05) is 12.1 Å². The Kier molecular flexibility index (Phi) is 6.83. The highest BCUT2D eigenvalue weighted by molar-refractivity contribution is 5.76. The van der Waals surface area contributed by atoms with E-state index in [1.54, 1.807) is 4.90 Å². The molecule has 0 spiro atoms. The van der Waals surface area contributed by atoms with Crippen LogP contribution in [0.25, 0.3) is 0 Å². The molecule has 0 aliphatic carbocycles. The van der Waals surface area contributed by atoms with E-state index < -0.39 is 0 Å². The van der Waals surface area contributed by atoms with Gasteiger partial charge in [0.1, 0.15) is 0 Å². The maximum Gasteiger partial charge on any atom is 0.222 e. The molecule has 1 unspecified atom stereocenters. The molecule has 1 rings (SSSR count). The van der Waals surface area contributed by atoms with Gasteiger partial charge in [-0.3, -0.25) is 4.79 Å². The van der Waals surface area contributed by atoms with Crippen LogP contribution in [0.2, 0.25) is 0 Å². The van der Waals surface area contributed by atoms with Gasteiger partial charge in [0.15, 0.2) is 0 Å². The second-order valence-electron chi connectivity index (χ2n) is 4.59. The molecule has 1 amide bonds. The highest BCUT2D eigenvalue weighted by Gasteiger charge is 2.18. The van der Waals surface area contributed by atoms with Crippen LogP contribution in [-0.2, 0) is 4.79 Å². The lowest BCUT2D eigenvalue weighted by atomic mass is 10.0. The van der Waals surface area contributed by atoms with Crippen LogP contribution in [0, 0.1) is 28.6 Å². The largest absolute Gasteiger partial charge is 0.341 e. The van der Waals surface area contributed by atoms with Crippen molar-refractivity contribution in [3.63, 3.8) is 0 Å². The fourth-order valence-corrected chi connectivity index (χ4v) is 2.18. The summed E-state index contributed by atoms with van der Waals surface area (Å²) >= 11 is 0. The molecule has 1 atom stereocenters. The van der Waals surface area contributed by atoms with Crippen LogP contribution in [-0.4, -0.2) is 37.0 Å². The maximum atomic E-state index is 12.0. The topological polar surface area (TPSA) is 79.9 Å². The van der Waals surface area contributed by atoms with Gasteiger partial charge in [-0.2, -0.15) is 10.5 Å². The second-order valence-corrected chi connectivity index (χ2v) is 4.59. The zero-order valence-electron chi connectivity index (χ0n) is 10.7. The van der Waals surface area contributed by atoms with Crippen molar-refractivity contribution in [2.24, 2.45) is 5.92 Å². The van der Waals surface area contributed by atoms with Crippen LogP contribution in [0.1, 0.15) is 32.1 Å². The number of rotatable bonds is 7. The van der Waals surface area contributed by atoms with Crippen molar-refractivity contribution in [1.29, 1.82) is 10.5 Å². The van der Waals surface area contributed by atoms with Gasteiger partial charge in [0.05, 0.1) is 25.0 Å². The van der Waals surface area contributed by atoms with Crippen LogP contribution >= 0.6 is 0 Å². The quantitative estimate of drug-likeness (QED) is 0.729. The minimum absolute atomic E-state index is 0.0763. The Balaban J connectivity index is 2.32. The third kappa shape index (κ3) is 5.16. The molecule has 1 aliphatic rings. The number of nitrogens with zero attached hydrogens (tertiary/aromatic N) is 3. The predicted octanol–water partition coefficient (Wildman–Crippen LogP) is 1.03. The van der Waals surface area contributed by atoms with E-state index in [2.05, 4.69) is 5.32 Å². The number of nitrogens with one attached hydrogen (secondary N) is 1. The highest BCUT2D eigenvalue weighted by Crippen LogP contribution is 2.15. The normalized spacial score (nSPS) is 18.0. The Bertz CT molecular complexity index is 318. The van der Waals surface area contributed by atoms with E-state index in [4.69, 9.17) is 10.5 Å². The van der Waals surface area contributed by atoms with E-state index in [0.717, 1.165) is 25.9 Å². The van der Waals surface area contributed by atoms with Gasteiger partial charge in [-0.05, 0) is 31.8 Å². The summed E-state index contributed by atoms with van der Waals surface area (Å²) in [6.45, 7) is 2.94. The van der Waals surface area contributed by atoms with Crippen molar-refractivity contribution in [2.45, 2.75) is 32.1 Å². The monoisotopic (exact) mass is 248 g/mol. The first kappa shape index (κ1) is 14.5. The zero-order valence-corrected chi connectivity index (χ0v) is 10.7. The molecule has 5 nitrogen and oxygen atoms in total. The molecule has 0 aromatic heterocycles. The second kappa shape index (κ2) is 8.49. The lowest BCUT2D eigenvalue weighted by Crippen LogP contribution is -2.33. The van der Waals surface area contributed by atoms with E-state index in [1.165, 1.54) is 0 Å². The van der Waals surface area contributed by atoms with Crippen LogP contribution < -0.4 is 5.32 Å². The van der Waals surface area contributed by atoms with Gasteiger partial charge in [0.25, 0.3) is 0 Å². The summed E-state index contributed by atoms with van der Waals surface area (Å²) in [6.07, 6.45) is 3.25. The van der Waals surface area contributed by atoms with Crippen molar-refractivity contribution >= 4 is 5.91 Å². The molecular formula is C13H20N4O. The maximum absolute atomic E-state index is 12.0. The van der Waals surface area contributed by atoms with Crippen LogP contribution in [0.5, 0.6) is 0 Å². The SMILES string of the molecule is N#CCCN(CCC#N)C(=O)CCC1CCNC1. The summed E-state index contributed by atoms with van der Waals surface area (Å²) in [5.74, 6) is 0.676. The average Bonchev–Trinajstić information content (AvgIpc) is 2.89. The average molecular weight is 248 g/mol. The third-order valence-corrected chi connectivity index (χ3v) is 3.27. The minimum atomic E-state index is 0.0763. The van der Waals surface area contributed by atoms with Gasteiger partial charge >= 0.3 is 0 Å². The van der Waals surface area contributed by atoms with Gasteiger partial charge in [-0.25, -0.2) is 0 Å². The number of carbonyl (C=O) groups is 1. The fourth-order valence-electron chi connectivity index (χ4n) is 2.18. The van der Waals surface area contributed by atoms with E-state index in [9.17, 15) is 4.79 Å². The number of nitriles is 2. The van der Waals surface area contributed by atoms with Gasteiger partial charge in [0.2, 0.25) is 5.91 Å².